The second kappa shape index (κ2) is 7.35. The predicted octanol–water partition coefficient (Wildman–Crippen LogP) is 2.58. The number of nitrogens with zero attached hydrogens (tertiary/aromatic N) is 2. The van der Waals surface area contributed by atoms with Crippen molar-refractivity contribution in [2.24, 2.45) is 0 Å². The van der Waals surface area contributed by atoms with E-state index in [-0.39, 0.29) is 29.3 Å². The Kier molecular flexibility index (Phi) is 5.00. The first-order valence-corrected chi connectivity index (χ1v) is 7.89. The largest absolute Gasteiger partial charge is 0.376 e. The Balaban J connectivity index is 1.71. The molecule has 1 fully saturated rings. The summed E-state index contributed by atoms with van der Waals surface area (Å²) in [5, 5.41) is 5.62. The molecular formula is C17H19FN4O2. The fourth-order valence-electron chi connectivity index (χ4n) is 2.53. The third kappa shape index (κ3) is 4.05. The van der Waals surface area contributed by atoms with Crippen LogP contribution in [0.15, 0.2) is 30.3 Å². The number of halogens is 1. The van der Waals surface area contributed by atoms with Gasteiger partial charge in [-0.3, -0.25) is 4.79 Å². The molecule has 0 bridgehead atoms. The van der Waals surface area contributed by atoms with Gasteiger partial charge in [0.2, 0.25) is 5.95 Å². The average Bonchev–Trinajstić information content (AvgIpc) is 3.08. The highest BCUT2D eigenvalue weighted by Crippen LogP contribution is 2.17. The molecule has 6 nitrogen and oxygen atoms in total. The predicted molar refractivity (Wildman–Crippen MR) is 87.8 cm³/mol. The minimum atomic E-state index is -0.410. The summed E-state index contributed by atoms with van der Waals surface area (Å²) in [6, 6.07) is 7.82. The van der Waals surface area contributed by atoms with Crippen molar-refractivity contribution in [1.82, 2.24) is 15.3 Å². The van der Waals surface area contributed by atoms with E-state index in [1.54, 1.807) is 31.2 Å². The average molecular weight is 330 g/mol. The van der Waals surface area contributed by atoms with Crippen LogP contribution < -0.4 is 10.6 Å². The van der Waals surface area contributed by atoms with Crippen LogP contribution in [0.1, 0.15) is 29.0 Å². The molecule has 2 heterocycles. The molecular weight excluding hydrogens is 311 g/mol. The van der Waals surface area contributed by atoms with Gasteiger partial charge in [0, 0.05) is 18.8 Å². The van der Waals surface area contributed by atoms with Gasteiger partial charge >= 0.3 is 0 Å². The summed E-state index contributed by atoms with van der Waals surface area (Å²) >= 11 is 0. The van der Waals surface area contributed by atoms with Gasteiger partial charge in [0.1, 0.15) is 11.5 Å². The lowest BCUT2D eigenvalue weighted by molar-refractivity contribution is 0.0853. The summed E-state index contributed by atoms with van der Waals surface area (Å²) in [5.74, 6) is -0.526. The smallest absolute Gasteiger partial charge is 0.270 e. The number of aryl methyl sites for hydroxylation is 1. The van der Waals surface area contributed by atoms with Crippen LogP contribution in [0.4, 0.5) is 16.0 Å². The van der Waals surface area contributed by atoms with Gasteiger partial charge in [0.15, 0.2) is 0 Å². The first-order chi connectivity index (χ1) is 11.6. The molecule has 24 heavy (non-hydrogen) atoms. The molecule has 1 aromatic carbocycles. The normalized spacial score (nSPS) is 16.8. The third-order valence-corrected chi connectivity index (χ3v) is 3.72. The van der Waals surface area contributed by atoms with E-state index in [0.29, 0.717) is 12.2 Å². The zero-order chi connectivity index (χ0) is 16.9. The highest BCUT2D eigenvalue weighted by Gasteiger charge is 2.18. The molecule has 1 unspecified atom stereocenters. The molecule has 2 N–H and O–H groups in total. The highest BCUT2D eigenvalue weighted by atomic mass is 19.1. The summed E-state index contributed by atoms with van der Waals surface area (Å²) in [5.41, 5.74) is 1.11. The number of para-hydroxylation sites is 1. The lowest BCUT2D eigenvalue weighted by Gasteiger charge is -2.12. The molecule has 1 aliphatic rings. The van der Waals surface area contributed by atoms with Crippen LogP contribution in [0.5, 0.6) is 0 Å². The lowest BCUT2D eigenvalue weighted by atomic mass is 10.2. The van der Waals surface area contributed by atoms with Crippen molar-refractivity contribution in [3.05, 3.63) is 47.5 Å². The van der Waals surface area contributed by atoms with Gasteiger partial charge in [-0.15, -0.1) is 0 Å². The number of aromatic nitrogens is 2. The summed E-state index contributed by atoms with van der Waals surface area (Å²) in [6.45, 7) is 2.95. The van der Waals surface area contributed by atoms with Crippen molar-refractivity contribution in [3.8, 4) is 0 Å². The lowest BCUT2D eigenvalue weighted by Crippen LogP contribution is -2.32. The summed E-state index contributed by atoms with van der Waals surface area (Å²) in [4.78, 5) is 20.6. The number of rotatable bonds is 5. The van der Waals surface area contributed by atoms with E-state index in [1.807, 2.05) is 0 Å². The molecule has 1 saturated heterocycles. The molecule has 1 amide bonds. The number of carbonyl (C=O) groups excluding carboxylic acids is 1. The van der Waals surface area contributed by atoms with Crippen LogP contribution in [0.2, 0.25) is 0 Å². The van der Waals surface area contributed by atoms with Gasteiger partial charge in [-0.05, 0) is 38.0 Å². The van der Waals surface area contributed by atoms with Crippen LogP contribution >= 0.6 is 0 Å². The number of benzene rings is 1. The quantitative estimate of drug-likeness (QED) is 0.881. The highest BCUT2D eigenvalue weighted by molar-refractivity contribution is 5.92. The number of nitrogens with one attached hydrogen (secondary N) is 2. The minimum absolute atomic E-state index is 0.0629. The standard InChI is InChI=1S/C17H19FN4O2/c1-11-9-15(16(23)19-10-12-5-4-8-24-12)22-17(20-11)21-14-7-3-2-6-13(14)18/h2-3,6-7,9,12H,4-5,8,10H2,1H3,(H,19,23)(H,20,21,22). The number of ether oxygens (including phenoxy) is 1. The van der Waals surface area contributed by atoms with Gasteiger partial charge in [-0.1, -0.05) is 12.1 Å². The second-order valence-electron chi connectivity index (χ2n) is 5.67. The fourth-order valence-corrected chi connectivity index (χ4v) is 2.53. The molecule has 1 aromatic heterocycles. The fraction of sp³-hybridized carbons (Fsp3) is 0.353. The van der Waals surface area contributed by atoms with Crippen molar-refractivity contribution in [2.45, 2.75) is 25.9 Å². The second-order valence-corrected chi connectivity index (χ2v) is 5.67. The SMILES string of the molecule is Cc1cc(C(=O)NCC2CCCO2)nc(Nc2ccccc2F)n1. The van der Waals surface area contributed by atoms with E-state index in [0.717, 1.165) is 19.4 Å². The van der Waals surface area contributed by atoms with E-state index in [2.05, 4.69) is 20.6 Å². The van der Waals surface area contributed by atoms with Crippen LogP contribution in [0.3, 0.4) is 0 Å². The van der Waals surface area contributed by atoms with Gasteiger partial charge in [-0.2, -0.15) is 0 Å². The van der Waals surface area contributed by atoms with Crippen LogP contribution in [0, 0.1) is 12.7 Å². The summed E-state index contributed by atoms with van der Waals surface area (Å²) in [7, 11) is 0. The first kappa shape index (κ1) is 16.3. The monoisotopic (exact) mass is 330 g/mol. The molecule has 126 valence electrons. The Hall–Kier alpha value is -2.54. The zero-order valence-electron chi connectivity index (χ0n) is 13.4. The van der Waals surface area contributed by atoms with Crippen LogP contribution in [-0.2, 0) is 4.74 Å². The van der Waals surface area contributed by atoms with Crippen LogP contribution in [0.25, 0.3) is 0 Å². The van der Waals surface area contributed by atoms with Gasteiger partial charge in [0.05, 0.1) is 11.8 Å². The Labute approximate surface area is 139 Å². The molecule has 7 heteroatoms. The molecule has 1 aliphatic heterocycles. The maximum Gasteiger partial charge on any atom is 0.270 e. The molecule has 2 aromatic rings. The Morgan fingerprint density at radius 1 is 1.38 bits per heavy atom. The molecule has 0 aliphatic carbocycles. The first-order valence-electron chi connectivity index (χ1n) is 7.89. The number of anilines is 2. The van der Waals surface area contributed by atoms with Gasteiger partial charge in [-0.25, -0.2) is 14.4 Å². The Morgan fingerprint density at radius 3 is 2.96 bits per heavy atom. The third-order valence-electron chi connectivity index (χ3n) is 3.72. The maximum atomic E-state index is 13.7. The Morgan fingerprint density at radius 2 is 2.21 bits per heavy atom. The Bertz CT molecular complexity index is 732. The topological polar surface area (TPSA) is 76.1 Å². The van der Waals surface area contributed by atoms with Crippen molar-refractivity contribution < 1.29 is 13.9 Å². The van der Waals surface area contributed by atoms with E-state index in [1.165, 1.54) is 6.07 Å². The molecule has 3 rings (SSSR count). The van der Waals surface area contributed by atoms with Gasteiger partial charge in [0.25, 0.3) is 5.91 Å². The van der Waals surface area contributed by atoms with Crippen molar-refractivity contribution in [1.29, 1.82) is 0 Å². The maximum absolute atomic E-state index is 13.7. The number of carbonyl (C=O) groups is 1. The molecule has 0 spiro atoms. The molecule has 0 saturated carbocycles. The zero-order valence-corrected chi connectivity index (χ0v) is 13.4. The molecule has 1 atom stereocenters. The number of amides is 1. The number of hydrogen-bond acceptors (Lipinski definition) is 5. The van der Waals surface area contributed by atoms with Crippen LogP contribution in [-0.4, -0.2) is 35.1 Å². The van der Waals surface area contributed by atoms with E-state index in [4.69, 9.17) is 4.74 Å². The van der Waals surface area contributed by atoms with E-state index in [9.17, 15) is 9.18 Å². The van der Waals surface area contributed by atoms with E-state index >= 15 is 0 Å². The van der Waals surface area contributed by atoms with Crippen molar-refractivity contribution >= 4 is 17.5 Å². The van der Waals surface area contributed by atoms with Crippen molar-refractivity contribution in [3.63, 3.8) is 0 Å². The minimum Gasteiger partial charge on any atom is -0.376 e. The molecule has 0 radical (unpaired) electrons. The number of hydrogen-bond donors (Lipinski definition) is 2. The summed E-state index contributed by atoms with van der Waals surface area (Å²) in [6.07, 6.45) is 2.03. The van der Waals surface area contributed by atoms with Gasteiger partial charge < -0.3 is 15.4 Å². The van der Waals surface area contributed by atoms with E-state index < -0.39 is 5.82 Å². The summed E-state index contributed by atoms with van der Waals surface area (Å²) < 4.78 is 19.2. The van der Waals surface area contributed by atoms with Crippen molar-refractivity contribution in [2.75, 3.05) is 18.5 Å².